The summed E-state index contributed by atoms with van der Waals surface area (Å²) in [4.78, 5) is 22.1. The zero-order valence-electron chi connectivity index (χ0n) is 13.2. The van der Waals surface area contributed by atoms with Crippen molar-refractivity contribution >= 4 is 22.9 Å². The summed E-state index contributed by atoms with van der Waals surface area (Å²) in [5, 5.41) is 30.7. The molecule has 0 saturated carbocycles. The van der Waals surface area contributed by atoms with Gasteiger partial charge in [-0.15, -0.1) is 11.8 Å². The number of aliphatic hydroxyl groups excluding tert-OH is 3. The third-order valence-corrected chi connectivity index (χ3v) is 5.26. The van der Waals surface area contributed by atoms with E-state index in [0.717, 1.165) is 0 Å². The van der Waals surface area contributed by atoms with Crippen LogP contribution in [0, 0.1) is 5.92 Å². The Hall–Kier alpha value is -1.46. The van der Waals surface area contributed by atoms with Gasteiger partial charge in [0.2, 0.25) is 0 Å². The average molecular weight is 356 g/mol. The summed E-state index contributed by atoms with van der Waals surface area (Å²) in [6, 6.07) is 0. The molecule has 1 unspecified atom stereocenters. The summed E-state index contributed by atoms with van der Waals surface area (Å²) in [5.41, 5.74) is -1.04. The van der Waals surface area contributed by atoms with E-state index in [0.29, 0.717) is 11.7 Å². The summed E-state index contributed by atoms with van der Waals surface area (Å²) in [7, 11) is 0. The van der Waals surface area contributed by atoms with Crippen LogP contribution in [0.1, 0.15) is 20.1 Å². The number of hydrogen-bond acceptors (Lipinski definition) is 8. The molecule has 1 saturated heterocycles. The van der Waals surface area contributed by atoms with Gasteiger partial charge in [-0.2, -0.15) is 0 Å². The van der Waals surface area contributed by atoms with E-state index in [4.69, 9.17) is 4.74 Å². The molecule has 132 valence electrons. The number of hydrogen-bond donors (Lipinski definition) is 4. The second-order valence-corrected chi connectivity index (χ2v) is 7.30. The van der Waals surface area contributed by atoms with Crippen LogP contribution < -0.4 is 5.56 Å². The predicted molar refractivity (Wildman–Crippen MR) is 87.4 cm³/mol. The molecule has 2 aromatic rings. The van der Waals surface area contributed by atoms with Crippen molar-refractivity contribution < 1.29 is 20.1 Å². The minimum atomic E-state index is -1.28. The molecule has 1 aliphatic rings. The maximum Gasteiger partial charge on any atom is 0.278 e. The van der Waals surface area contributed by atoms with Crippen LogP contribution in [0.15, 0.2) is 17.4 Å². The first-order valence-electron chi connectivity index (χ1n) is 7.61. The molecule has 24 heavy (non-hydrogen) atoms. The Bertz CT molecular complexity index is 763. The van der Waals surface area contributed by atoms with E-state index >= 15 is 0 Å². The summed E-state index contributed by atoms with van der Waals surface area (Å²) in [6.07, 6.45) is -1.92. The van der Waals surface area contributed by atoms with Gasteiger partial charge in [0.15, 0.2) is 17.4 Å². The van der Waals surface area contributed by atoms with E-state index < -0.39 is 35.5 Å². The molecule has 3 rings (SSSR count). The van der Waals surface area contributed by atoms with Crippen molar-refractivity contribution in [2.45, 2.75) is 43.8 Å². The lowest BCUT2D eigenvalue weighted by Crippen LogP contribution is -2.37. The fourth-order valence-electron chi connectivity index (χ4n) is 2.59. The van der Waals surface area contributed by atoms with Crippen LogP contribution in [0.25, 0.3) is 11.2 Å². The zero-order chi connectivity index (χ0) is 17.4. The van der Waals surface area contributed by atoms with Crippen LogP contribution in [0.2, 0.25) is 0 Å². The smallest absolute Gasteiger partial charge is 0.278 e. The van der Waals surface area contributed by atoms with E-state index in [-0.39, 0.29) is 11.2 Å². The standard InChI is InChI=1S/C14H20N4O5S/c1-6(2)3-24-14(22)10-8(19)9(20)13(23-10)18-5-17-7-11(18)15-4-16-12(7)21/h4-6,8-10,13-14,19-20,22H,3H2,1-2H3,(H,15,16,21)/t8-,9+,10-,13+,14?/m0/s1. The van der Waals surface area contributed by atoms with Gasteiger partial charge < -0.3 is 25.0 Å². The third-order valence-electron chi connectivity index (χ3n) is 3.80. The first-order valence-corrected chi connectivity index (χ1v) is 8.66. The second kappa shape index (κ2) is 6.81. The highest BCUT2D eigenvalue weighted by atomic mass is 32.2. The predicted octanol–water partition coefficient (Wildman–Crippen LogP) is -0.554. The Balaban J connectivity index is 1.84. The topological polar surface area (TPSA) is 133 Å². The summed E-state index contributed by atoms with van der Waals surface area (Å²) >= 11 is 1.26. The molecule has 0 radical (unpaired) electrons. The maximum atomic E-state index is 11.7. The highest BCUT2D eigenvalue weighted by molar-refractivity contribution is 7.99. The van der Waals surface area contributed by atoms with E-state index in [1.165, 1.54) is 29.0 Å². The zero-order valence-corrected chi connectivity index (χ0v) is 14.1. The van der Waals surface area contributed by atoms with Crippen molar-refractivity contribution in [3.05, 3.63) is 23.0 Å². The molecule has 10 heteroatoms. The quantitative estimate of drug-likeness (QED) is 0.524. The summed E-state index contributed by atoms with van der Waals surface area (Å²) in [5.74, 6) is 1.07. The van der Waals surface area contributed by atoms with Crippen molar-refractivity contribution in [2.24, 2.45) is 5.92 Å². The minimum Gasteiger partial charge on any atom is -0.387 e. The van der Waals surface area contributed by atoms with Crippen LogP contribution >= 0.6 is 11.8 Å². The second-order valence-electron chi connectivity index (χ2n) is 6.15. The van der Waals surface area contributed by atoms with Gasteiger partial charge in [-0.05, 0) is 11.7 Å². The number of rotatable bonds is 5. The van der Waals surface area contributed by atoms with Crippen LogP contribution in [0.4, 0.5) is 0 Å². The molecule has 1 aliphatic heterocycles. The fourth-order valence-corrected chi connectivity index (χ4v) is 3.58. The Morgan fingerprint density at radius 3 is 2.83 bits per heavy atom. The van der Waals surface area contributed by atoms with Crippen LogP contribution in [0.5, 0.6) is 0 Å². The Morgan fingerprint density at radius 1 is 1.38 bits per heavy atom. The Labute approximate surface area is 141 Å². The fraction of sp³-hybridized carbons (Fsp3) is 0.643. The van der Waals surface area contributed by atoms with Crippen molar-refractivity contribution in [1.29, 1.82) is 0 Å². The lowest BCUT2D eigenvalue weighted by molar-refractivity contribution is -0.0594. The molecule has 2 aromatic heterocycles. The van der Waals surface area contributed by atoms with E-state index in [1.54, 1.807) is 0 Å². The Morgan fingerprint density at radius 2 is 2.12 bits per heavy atom. The number of thioether (sulfide) groups is 1. The summed E-state index contributed by atoms with van der Waals surface area (Å²) < 4.78 is 7.06. The molecule has 0 spiro atoms. The largest absolute Gasteiger partial charge is 0.387 e. The van der Waals surface area contributed by atoms with E-state index in [2.05, 4.69) is 15.0 Å². The normalized spacial score (nSPS) is 28.8. The molecule has 9 nitrogen and oxygen atoms in total. The number of aromatic nitrogens is 4. The van der Waals surface area contributed by atoms with Gasteiger partial charge in [-0.1, -0.05) is 13.8 Å². The molecule has 0 aliphatic carbocycles. The van der Waals surface area contributed by atoms with Crippen LogP contribution in [0.3, 0.4) is 0 Å². The monoisotopic (exact) mass is 356 g/mol. The lowest BCUT2D eigenvalue weighted by atomic mass is 10.1. The van der Waals surface area contributed by atoms with Crippen molar-refractivity contribution in [2.75, 3.05) is 5.75 Å². The van der Waals surface area contributed by atoms with Gasteiger partial charge in [0.25, 0.3) is 5.56 Å². The molecule has 1 fully saturated rings. The molecule has 0 bridgehead atoms. The first-order chi connectivity index (χ1) is 11.4. The Kier molecular flexibility index (Phi) is 4.92. The van der Waals surface area contributed by atoms with E-state index in [1.807, 2.05) is 13.8 Å². The number of H-pyrrole nitrogens is 1. The van der Waals surface area contributed by atoms with E-state index in [9.17, 15) is 20.1 Å². The molecule has 5 atom stereocenters. The summed E-state index contributed by atoms with van der Waals surface area (Å²) in [6.45, 7) is 4.04. The number of ether oxygens (including phenoxy) is 1. The number of imidazole rings is 1. The molecular weight excluding hydrogens is 336 g/mol. The number of aliphatic hydroxyl groups is 3. The average Bonchev–Trinajstić information content (AvgIpc) is 3.09. The van der Waals surface area contributed by atoms with Gasteiger partial charge in [-0.3, -0.25) is 9.36 Å². The molecule has 0 aromatic carbocycles. The number of aromatic amines is 1. The van der Waals surface area contributed by atoms with Gasteiger partial charge >= 0.3 is 0 Å². The molecule has 0 amide bonds. The van der Waals surface area contributed by atoms with Gasteiger partial charge in [0, 0.05) is 0 Å². The minimum absolute atomic E-state index is 0.112. The first kappa shape index (κ1) is 17.4. The maximum absolute atomic E-state index is 11.7. The highest BCUT2D eigenvalue weighted by Gasteiger charge is 2.47. The number of nitrogens with zero attached hydrogens (tertiary/aromatic N) is 3. The highest BCUT2D eigenvalue weighted by Crippen LogP contribution is 2.35. The third kappa shape index (κ3) is 3.07. The SMILES string of the molecule is CC(C)CSC(O)[C@H]1O[C@@H](n2cnc3c(=O)[nH]cnc32)[C@H](O)[C@@H]1O. The van der Waals surface area contributed by atoms with Crippen LogP contribution in [-0.4, -0.2) is 64.3 Å². The van der Waals surface area contributed by atoms with Crippen LogP contribution in [-0.2, 0) is 4.74 Å². The molecule has 4 N–H and O–H groups in total. The van der Waals surface area contributed by atoms with Crippen molar-refractivity contribution in [3.63, 3.8) is 0 Å². The number of nitrogens with one attached hydrogen (secondary N) is 1. The lowest BCUT2D eigenvalue weighted by Gasteiger charge is -2.21. The van der Waals surface area contributed by atoms with Gasteiger partial charge in [0.1, 0.15) is 23.7 Å². The van der Waals surface area contributed by atoms with Crippen molar-refractivity contribution in [1.82, 2.24) is 19.5 Å². The number of fused-ring (bicyclic) bond motifs is 1. The molecular formula is C14H20N4O5S. The van der Waals surface area contributed by atoms with Gasteiger partial charge in [0.05, 0.1) is 12.7 Å². The molecule has 3 heterocycles. The van der Waals surface area contributed by atoms with Crippen molar-refractivity contribution in [3.8, 4) is 0 Å². The van der Waals surface area contributed by atoms with Gasteiger partial charge in [-0.25, -0.2) is 9.97 Å².